The summed E-state index contributed by atoms with van der Waals surface area (Å²) in [5, 5.41) is 0. The summed E-state index contributed by atoms with van der Waals surface area (Å²) in [6, 6.07) is 3.90. The second-order valence-electron chi connectivity index (χ2n) is 2.88. The minimum Gasteiger partial charge on any atom is -0.166 e. The van der Waals surface area contributed by atoms with Crippen molar-refractivity contribution < 1.29 is 13.2 Å². The number of thioether (sulfide) groups is 1. The molecule has 0 aromatic heterocycles. The lowest BCUT2D eigenvalue weighted by atomic mass is 10.1. The highest BCUT2D eigenvalue weighted by molar-refractivity contribution is 7.98. The predicted molar refractivity (Wildman–Crippen MR) is 52.6 cm³/mol. The van der Waals surface area contributed by atoms with E-state index in [0.29, 0.717) is 4.90 Å². The van der Waals surface area contributed by atoms with Gasteiger partial charge in [-0.3, -0.25) is 0 Å². The predicted octanol–water partition coefficient (Wildman–Crippen LogP) is 3.99. The molecule has 0 fully saturated rings. The Bertz CT molecular complexity index is 318. The number of hydrogen-bond acceptors (Lipinski definition) is 1. The van der Waals surface area contributed by atoms with Gasteiger partial charge in [-0.05, 0) is 30.4 Å². The van der Waals surface area contributed by atoms with Crippen LogP contribution >= 0.6 is 11.8 Å². The van der Waals surface area contributed by atoms with Crippen LogP contribution in [0.1, 0.15) is 18.1 Å². The molecule has 1 aromatic carbocycles. The van der Waals surface area contributed by atoms with Gasteiger partial charge in [0.05, 0.1) is 5.56 Å². The van der Waals surface area contributed by atoms with Gasteiger partial charge in [0.1, 0.15) is 0 Å². The Hall–Kier alpha value is -0.640. The van der Waals surface area contributed by atoms with Gasteiger partial charge in [0.25, 0.3) is 0 Å². The van der Waals surface area contributed by atoms with Gasteiger partial charge in [-0.2, -0.15) is 13.2 Å². The van der Waals surface area contributed by atoms with Crippen LogP contribution in [0.2, 0.25) is 0 Å². The molecule has 0 aliphatic rings. The zero-order valence-electron chi connectivity index (χ0n) is 7.98. The van der Waals surface area contributed by atoms with Crippen LogP contribution in [-0.2, 0) is 12.6 Å². The third kappa shape index (κ3) is 2.44. The Labute approximate surface area is 85.5 Å². The quantitative estimate of drug-likeness (QED) is 0.679. The standard InChI is InChI=1S/C10H11F3S/c1-3-7-4-5-8(10(11,12)13)6-9(7)14-2/h4-6H,3H2,1-2H3. The van der Waals surface area contributed by atoms with Gasteiger partial charge in [-0.1, -0.05) is 13.0 Å². The maximum absolute atomic E-state index is 12.3. The Balaban J connectivity index is 3.14. The summed E-state index contributed by atoms with van der Waals surface area (Å²) in [5.74, 6) is 0. The van der Waals surface area contributed by atoms with Crippen molar-refractivity contribution in [2.75, 3.05) is 6.26 Å². The van der Waals surface area contributed by atoms with E-state index in [-0.39, 0.29) is 0 Å². The number of hydrogen-bond donors (Lipinski definition) is 0. The third-order valence-electron chi connectivity index (χ3n) is 2.00. The van der Waals surface area contributed by atoms with E-state index >= 15 is 0 Å². The molecule has 0 saturated heterocycles. The SMILES string of the molecule is CCc1ccc(C(F)(F)F)cc1SC. The molecule has 1 aromatic rings. The first-order valence-corrected chi connectivity index (χ1v) is 5.45. The van der Waals surface area contributed by atoms with E-state index in [4.69, 9.17) is 0 Å². The van der Waals surface area contributed by atoms with E-state index in [1.807, 2.05) is 6.92 Å². The van der Waals surface area contributed by atoms with Crippen LogP contribution in [-0.4, -0.2) is 6.26 Å². The summed E-state index contributed by atoms with van der Waals surface area (Å²) >= 11 is 1.35. The first-order valence-electron chi connectivity index (χ1n) is 4.23. The van der Waals surface area contributed by atoms with Crippen LogP contribution in [0.3, 0.4) is 0 Å². The van der Waals surface area contributed by atoms with Crippen molar-refractivity contribution in [3.05, 3.63) is 29.3 Å². The lowest BCUT2D eigenvalue weighted by Gasteiger charge is -2.10. The van der Waals surface area contributed by atoms with Crippen molar-refractivity contribution in [2.45, 2.75) is 24.4 Å². The molecule has 0 amide bonds. The number of aryl methyl sites for hydroxylation is 1. The van der Waals surface area contributed by atoms with Crippen LogP contribution in [0.25, 0.3) is 0 Å². The zero-order chi connectivity index (χ0) is 10.8. The van der Waals surface area contributed by atoms with Crippen molar-refractivity contribution >= 4 is 11.8 Å². The van der Waals surface area contributed by atoms with Gasteiger partial charge in [0.2, 0.25) is 0 Å². The molecule has 0 atom stereocenters. The molecule has 0 bridgehead atoms. The molecule has 78 valence electrons. The summed E-state index contributed by atoms with van der Waals surface area (Å²) in [7, 11) is 0. The fourth-order valence-electron chi connectivity index (χ4n) is 1.21. The van der Waals surface area contributed by atoms with E-state index in [9.17, 15) is 13.2 Å². The lowest BCUT2D eigenvalue weighted by molar-refractivity contribution is -0.137. The van der Waals surface area contributed by atoms with Gasteiger partial charge in [-0.25, -0.2) is 0 Å². The average molecular weight is 220 g/mol. The molecule has 0 nitrogen and oxygen atoms in total. The molecule has 0 radical (unpaired) electrons. The molecule has 4 heteroatoms. The van der Waals surface area contributed by atoms with E-state index in [1.54, 1.807) is 12.3 Å². The molecule has 0 heterocycles. The molecule has 1 rings (SSSR count). The maximum Gasteiger partial charge on any atom is 0.416 e. The number of alkyl halides is 3. The zero-order valence-corrected chi connectivity index (χ0v) is 8.80. The fourth-order valence-corrected chi connectivity index (χ4v) is 1.93. The Morgan fingerprint density at radius 3 is 2.36 bits per heavy atom. The van der Waals surface area contributed by atoms with E-state index in [2.05, 4.69) is 0 Å². The monoisotopic (exact) mass is 220 g/mol. The Kier molecular flexibility index (Phi) is 3.48. The molecule has 0 spiro atoms. The molecular weight excluding hydrogens is 209 g/mol. The largest absolute Gasteiger partial charge is 0.416 e. The fraction of sp³-hybridized carbons (Fsp3) is 0.400. The van der Waals surface area contributed by atoms with Gasteiger partial charge in [-0.15, -0.1) is 11.8 Å². The van der Waals surface area contributed by atoms with Crippen molar-refractivity contribution in [1.82, 2.24) is 0 Å². The number of rotatable bonds is 2. The van der Waals surface area contributed by atoms with Crippen LogP contribution in [0.4, 0.5) is 13.2 Å². The summed E-state index contributed by atoms with van der Waals surface area (Å²) in [6.45, 7) is 1.93. The first kappa shape index (κ1) is 11.4. The normalized spacial score (nSPS) is 11.8. The topological polar surface area (TPSA) is 0 Å². The molecule has 0 N–H and O–H groups in total. The number of benzene rings is 1. The van der Waals surface area contributed by atoms with Crippen molar-refractivity contribution in [1.29, 1.82) is 0 Å². The second-order valence-corrected chi connectivity index (χ2v) is 3.73. The highest BCUT2D eigenvalue weighted by Crippen LogP contribution is 2.33. The molecular formula is C10H11F3S. The first-order chi connectivity index (χ1) is 6.49. The van der Waals surface area contributed by atoms with Crippen LogP contribution in [0.5, 0.6) is 0 Å². The average Bonchev–Trinajstić information content (AvgIpc) is 2.15. The molecule has 0 aliphatic carbocycles. The minimum absolute atomic E-state index is 0.570. The Morgan fingerprint density at radius 2 is 1.93 bits per heavy atom. The summed E-state index contributed by atoms with van der Waals surface area (Å²) in [4.78, 5) is 0.710. The summed E-state index contributed by atoms with van der Waals surface area (Å²) < 4.78 is 37.0. The van der Waals surface area contributed by atoms with E-state index in [1.165, 1.54) is 17.8 Å². The maximum atomic E-state index is 12.3. The Morgan fingerprint density at radius 1 is 1.29 bits per heavy atom. The minimum atomic E-state index is -4.24. The molecule has 0 aliphatic heterocycles. The summed E-state index contributed by atoms with van der Waals surface area (Å²) in [6.07, 6.45) is -1.69. The van der Waals surface area contributed by atoms with Crippen molar-refractivity contribution in [2.24, 2.45) is 0 Å². The van der Waals surface area contributed by atoms with Crippen LogP contribution in [0.15, 0.2) is 23.1 Å². The summed E-state index contributed by atoms with van der Waals surface area (Å²) in [5.41, 5.74) is 0.393. The smallest absolute Gasteiger partial charge is 0.166 e. The van der Waals surface area contributed by atoms with Gasteiger partial charge >= 0.3 is 6.18 Å². The van der Waals surface area contributed by atoms with E-state index in [0.717, 1.165) is 18.1 Å². The molecule has 0 saturated carbocycles. The van der Waals surface area contributed by atoms with Crippen LogP contribution < -0.4 is 0 Å². The lowest BCUT2D eigenvalue weighted by Crippen LogP contribution is -2.05. The van der Waals surface area contributed by atoms with Gasteiger partial charge in [0, 0.05) is 4.90 Å². The van der Waals surface area contributed by atoms with E-state index < -0.39 is 11.7 Å². The number of halogens is 3. The highest BCUT2D eigenvalue weighted by Gasteiger charge is 2.30. The van der Waals surface area contributed by atoms with Crippen molar-refractivity contribution in [3.8, 4) is 0 Å². The molecule has 14 heavy (non-hydrogen) atoms. The second kappa shape index (κ2) is 4.26. The molecule has 0 unspecified atom stereocenters. The van der Waals surface area contributed by atoms with Gasteiger partial charge < -0.3 is 0 Å². The van der Waals surface area contributed by atoms with Crippen molar-refractivity contribution in [3.63, 3.8) is 0 Å². The van der Waals surface area contributed by atoms with Crippen LogP contribution in [0, 0.1) is 0 Å². The third-order valence-corrected chi connectivity index (χ3v) is 2.82. The van der Waals surface area contributed by atoms with Gasteiger partial charge in [0.15, 0.2) is 0 Å². The highest BCUT2D eigenvalue weighted by atomic mass is 32.2.